The zero-order valence-electron chi connectivity index (χ0n) is 11.8. The lowest BCUT2D eigenvalue weighted by Gasteiger charge is -2.17. The second-order valence-corrected chi connectivity index (χ2v) is 8.41. The highest BCUT2D eigenvalue weighted by Crippen LogP contribution is 2.38. The second kappa shape index (κ2) is 4.30. The Kier molecular flexibility index (Phi) is 3.22. The predicted molar refractivity (Wildman–Crippen MR) is 78.5 cm³/mol. The summed E-state index contributed by atoms with van der Waals surface area (Å²) in [6.45, 7) is 10.3. The Labute approximate surface area is 112 Å². The maximum Gasteiger partial charge on any atom is 0.145 e. The smallest absolute Gasteiger partial charge is 0.145 e. The summed E-state index contributed by atoms with van der Waals surface area (Å²) in [6.07, 6.45) is 0.869. The number of benzene rings is 1. The highest BCUT2D eigenvalue weighted by molar-refractivity contribution is 7.85. The van der Waals surface area contributed by atoms with Crippen LogP contribution in [0.1, 0.15) is 52.2 Å². The van der Waals surface area contributed by atoms with Crippen LogP contribution in [0.4, 0.5) is 0 Å². The van der Waals surface area contributed by atoms with Gasteiger partial charge in [-0.2, -0.15) is 4.40 Å². The molecule has 1 aromatic carbocycles. The van der Waals surface area contributed by atoms with Crippen LogP contribution in [0.5, 0.6) is 0 Å². The topological polar surface area (TPSA) is 29.4 Å². The van der Waals surface area contributed by atoms with Crippen LogP contribution >= 0.6 is 0 Å². The van der Waals surface area contributed by atoms with Crippen molar-refractivity contribution in [2.45, 2.75) is 51.2 Å². The lowest BCUT2D eigenvalue weighted by atomic mass is 9.87. The molecule has 0 unspecified atom stereocenters. The average molecular weight is 263 g/mol. The Morgan fingerprint density at radius 3 is 2.44 bits per heavy atom. The number of fused-ring (bicyclic) bond motifs is 1. The van der Waals surface area contributed by atoms with Crippen LogP contribution in [-0.2, 0) is 16.4 Å². The quantitative estimate of drug-likeness (QED) is 0.761. The lowest BCUT2D eigenvalue weighted by molar-refractivity contribution is 0.568. The van der Waals surface area contributed by atoms with Crippen molar-refractivity contribution in [3.8, 4) is 0 Å². The average Bonchev–Trinajstić information content (AvgIpc) is 2.50. The first-order valence-corrected chi connectivity index (χ1v) is 7.42. The normalized spacial score (nSPS) is 21.9. The fraction of sp³-hybridized carbons (Fsp3) is 0.533. The maximum atomic E-state index is 12.2. The molecular weight excluding hydrogens is 242 g/mol. The molecule has 2 rings (SSSR count). The first kappa shape index (κ1) is 13.5. The Morgan fingerprint density at radius 1 is 1.22 bits per heavy atom. The summed E-state index contributed by atoms with van der Waals surface area (Å²) >= 11 is 0. The molecule has 0 heterocycles. The van der Waals surface area contributed by atoms with Gasteiger partial charge in [-0.15, -0.1) is 0 Å². The standard InChI is InChI=1S/C15H21NOS/c1-14(2,3)18(17)16-13-10-15(4,5)12-9-7-6-8-11(12)13/h6-9H,10H2,1-5H3/b16-13+/t18-/m1/s1. The number of hydrogen-bond acceptors (Lipinski definition) is 1. The van der Waals surface area contributed by atoms with E-state index in [0.29, 0.717) is 0 Å². The van der Waals surface area contributed by atoms with Gasteiger partial charge in [-0.05, 0) is 31.7 Å². The zero-order valence-corrected chi connectivity index (χ0v) is 12.6. The minimum atomic E-state index is -1.18. The van der Waals surface area contributed by atoms with Gasteiger partial charge in [0.2, 0.25) is 0 Å². The Hall–Kier alpha value is -0.960. The Balaban J connectivity index is 2.46. The van der Waals surface area contributed by atoms with Gasteiger partial charge in [-0.3, -0.25) is 0 Å². The van der Waals surface area contributed by atoms with Crippen LogP contribution in [0.25, 0.3) is 0 Å². The molecule has 1 aromatic rings. The molecule has 0 bridgehead atoms. The zero-order chi connectivity index (χ0) is 13.6. The van der Waals surface area contributed by atoms with Crippen molar-refractivity contribution < 1.29 is 4.21 Å². The minimum absolute atomic E-state index is 0.0948. The molecule has 0 radical (unpaired) electrons. The van der Waals surface area contributed by atoms with Gasteiger partial charge in [0, 0.05) is 12.0 Å². The van der Waals surface area contributed by atoms with Crippen molar-refractivity contribution in [2.24, 2.45) is 4.40 Å². The molecular formula is C15H21NOS. The van der Waals surface area contributed by atoms with Crippen molar-refractivity contribution in [1.29, 1.82) is 0 Å². The van der Waals surface area contributed by atoms with E-state index < -0.39 is 11.0 Å². The SMILES string of the molecule is CC1(C)C/C(=N\[S@](=O)C(C)(C)C)c2ccccc21. The molecule has 2 nitrogen and oxygen atoms in total. The molecule has 1 aliphatic rings. The van der Waals surface area contributed by atoms with Gasteiger partial charge in [0.05, 0.1) is 10.5 Å². The van der Waals surface area contributed by atoms with E-state index >= 15 is 0 Å². The molecule has 0 aliphatic heterocycles. The Morgan fingerprint density at radius 2 is 1.83 bits per heavy atom. The molecule has 18 heavy (non-hydrogen) atoms. The van der Waals surface area contributed by atoms with Crippen molar-refractivity contribution in [1.82, 2.24) is 0 Å². The summed E-state index contributed by atoms with van der Waals surface area (Å²) in [7, 11) is -1.18. The van der Waals surface area contributed by atoms with Crippen molar-refractivity contribution >= 4 is 16.7 Å². The van der Waals surface area contributed by atoms with Crippen molar-refractivity contribution in [2.75, 3.05) is 0 Å². The van der Waals surface area contributed by atoms with Gasteiger partial charge in [0.25, 0.3) is 0 Å². The predicted octanol–water partition coefficient (Wildman–Crippen LogP) is 3.62. The highest BCUT2D eigenvalue weighted by Gasteiger charge is 2.34. The van der Waals surface area contributed by atoms with E-state index in [2.05, 4.69) is 36.4 Å². The van der Waals surface area contributed by atoms with Crippen LogP contribution in [-0.4, -0.2) is 14.7 Å². The van der Waals surface area contributed by atoms with E-state index in [9.17, 15) is 4.21 Å². The lowest BCUT2D eigenvalue weighted by Crippen LogP contribution is -2.21. The van der Waals surface area contributed by atoms with Crippen molar-refractivity contribution in [3.05, 3.63) is 35.4 Å². The third-order valence-electron chi connectivity index (χ3n) is 3.29. The van der Waals surface area contributed by atoms with Crippen molar-refractivity contribution in [3.63, 3.8) is 0 Å². The molecule has 1 aliphatic carbocycles. The van der Waals surface area contributed by atoms with Crippen LogP contribution in [0, 0.1) is 0 Å². The second-order valence-electron chi connectivity index (χ2n) is 6.51. The van der Waals surface area contributed by atoms with E-state index in [1.165, 1.54) is 11.1 Å². The van der Waals surface area contributed by atoms with Crippen LogP contribution in [0.3, 0.4) is 0 Å². The molecule has 98 valence electrons. The summed E-state index contributed by atoms with van der Waals surface area (Å²) in [5.41, 5.74) is 3.57. The first-order chi connectivity index (χ1) is 8.22. The van der Waals surface area contributed by atoms with Gasteiger partial charge in [-0.25, -0.2) is 4.21 Å². The van der Waals surface area contributed by atoms with Crippen LogP contribution in [0.2, 0.25) is 0 Å². The van der Waals surface area contributed by atoms with Gasteiger partial charge >= 0.3 is 0 Å². The number of nitrogens with zero attached hydrogens (tertiary/aromatic N) is 1. The van der Waals surface area contributed by atoms with Gasteiger partial charge in [-0.1, -0.05) is 38.1 Å². The number of hydrogen-bond donors (Lipinski definition) is 0. The number of rotatable bonds is 1. The summed E-state index contributed by atoms with van der Waals surface area (Å²) < 4.78 is 16.3. The molecule has 0 aromatic heterocycles. The molecule has 0 fully saturated rings. The van der Waals surface area contributed by atoms with E-state index in [1.807, 2.05) is 26.8 Å². The molecule has 1 atom stereocenters. The van der Waals surface area contributed by atoms with Gasteiger partial charge in [0.1, 0.15) is 11.0 Å². The third kappa shape index (κ3) is 2.41. The summed E-state index contributed by atoms with van der Waals surface area (Å²) in [6, 6.07) is 8.32. The van der Waals surface area contributed by atoms with Crippen LogP contribution in [0.15, 0.2) is 28.7 Å². The van der Waals surface area contributed by atoms with Crippen LogP contribution < -0.4 is 0 Å². The summed E-state index contributed by atoms with van der Waals surface area (Å²) in [4.78, 5) is 0. The fourth-order valence-electron chi connectivity index (χ4n) is 2.25. The first-order valence-electron chi connectivity index (χ1n) is 6.31. The molecule has 0 saturated carbocycles. The maximum absolute atomic E-state index is 12.2. The van der Waals surface area contributed by atoms with E-state index in [-0.39, 0.29) is 10.2 Å². The molecule has 0 saturated heterocycles. The van der Waals surface area contributed by atoms with E-state index in [4.69, 9.17) is 0 Å². The summed E-state index contributed by atoms with van der Waals surface area (Å²) in [5.74, 6) is 0. The molecule has 0 spiro atoms. The molecule has 0 N–H and O–H groups in total. The Bertz CT molecular complexity index is 524. The van der Waals surface area contributed by atoms with Gasteiger partial charge < -0.3 is 0 Å². The van der Waals surface area contributed by atoms with Gasteiger partial charge in [0.15, 0.2) is 0 Å². The summed E-state index contributed by atoms with van der Waals surface area (Å²) in [5, 5.41) is 0. The fourth-order valence-corrected chi connectivity index (χ4v) is 2.89. The molecule has 0 amide bonds. The largest absolute Gasteiger partial charge is 0.234 e. The van der Waals surface area contributed by atoms with E-state index in [0.717, 1.165) is 12.1 Å². The minimum Gasteiger partial charge on any atom is -0.234 e. The van der Waals surface area contributed by atoms with E-state index in [1.54, 1.807) is 0 Å². The third-order valence-corrected chi connectivity index (χ3v) is 4.73. The highest BCUT2D eigenvalue weighted by atomic mass is 32.2. The molecule has 3 heteroatoms. The monoisotopic (exact) mass is 263 g/mol.